The number of carbonyl (C=O) groups is 1. The molecule has 8 heteroatoms. The minimum absolute atomic E-state index is 0.0106. The smallest absolute Gasteiger partial charge is 0.416 e. The van der Waals surface area contributed by atoms with Crippen LogP contribution in [0.1, 0.15) is 5.56 Å². The molecule has 0 radical (unpaired) electrons. The van der Waals surface area contributed by atoms with Crippen molar-refractivity contribution < 1.29 is 22.7 Å². The van der Waals surface area contributed by atoms with E-state index >= 15 is 0 Å². The molecular formula is C26H20F3N3O2. The second kappa shape index (κ2) is 9.99. The van der Waals surface area contributed by atoms with Gasteiger partial charge in [-0.3, -0.25) is 0 Å². The molecule has 0 fully saturated rings. The maximum atomic E-state index is 13.0. The van der Waals surface area contributed by atoms with E-state index in [2.05, 4.69) is 16.0 Å². The van der Waals surface area contributed by atoms with Crippen LogP contribution in [0.3, 0.4) is 0 Å². The van der Waals surface area contributed by atoms with Crippen molar-refractivity contribution in [3.8, 4) is 11.5 Å². The fraction of sp³-hybridized carbons (Fsp3) is 0.0385. The summed E-state index contributed by atoms with van der Waals surface area (Å²) in [6, 6.07) is 27.3. The van der Waals surface area contributed by atoms with Crippen molar-refractivity contribution in [1.82, 2.24) is 0 Å². The number of anilines is 4. The van der Waals surface area contributed by atoms with E-state index in [1.54, 1.807) is 30.3 Å². The summed E-state index contributed by atoms with van der Waals surface area (Å²) in [5.41, 5.74) is 1.01. The summed E-state index contributed by atoms with van der Waals surface area (Å²) in [6.07, 6.45) is -4.51. The minimum Gasteiger partial charge on any atom is -0.455 e. The van der Waals surface area contributed by atoms with Crippen LogP contribution in [0.4, 0.5) is 40.7 Å². The molecule has 4 aromatic carbocycles. The molecule has 5 nitrogen and oxygen atoms in total. The minimum atomic E-state index is -4.51. The molecule has 0 aliphatic carbocycles. The lowest BCUT2D eigenvalue weighted by molar-refractivity contribution is -0.137. The first-order chi connectivity index (χ1) is 16.4. The highest BCUT2D eigenvalue weighted by Gasteiger charge is 2.30. The summed E-state index contributed by atoms with van der Waals surface area (Å²) >= 11 is 0. The fourth-order valence-electron chi connectivity index (χ4n) is 3.16. The molecule has 0 saturated heterocycles. The van der Waals surface area contributed by atoms with Gasteiger partial charge >= 0.3 is 12.2 Å². The first kappa shape index (κ1) is 22.7. The van der Waals surface area contributed by atoms with Gasteiger partial charge in [0.1, 0.15) is 5.75 Å². The average molecular weight is 463 g/mol. The van der Waals surface area contributed by atoms with E-state index < -0.39 is 17.8 Å². The SMILES string of the molecule is O=C(Nc1cccc(C(F)(F)F)c1)Nc1cc(Nc2ccccc2)ccc1Oc1ccccc1. The van der Waals surface area contributed by atoms with Crippen molar-refractivity contribution in [3.63, 3.8) is 0 Å². The lowest BCUT2D eigenvalue weighted by Crippen LogP contribution is -2.20. The Bertz CT molecular complexity index is 1260. The van der Waals surface area contributed by atoms with Gasteiger partial charge in [-0.05, 0) is 60.7 Å². The zero-order valence-electron chi connectivity index (χ0n) is 17.8. The maximum Gasteiger partial charge on any atom is 0.416 e. The van der Waals surface area contributed by atoms with Crippen molar-refractivity contribution in [3.05, 3.63) is 109 Å². The maximum absolute atomic E-state index is 13.0. The van der Waals surface area contributed by atoms with Crippen LogP contribution in [-0.4, -0.2) is 6.03 Å². The van der Waals surface area contributed by atoms with E-state index in [9.17, 15) is 18.0 Å². The normalized spacial score (nSPS) is 10.9. The van der Waals surface area contributed by atoms with Crippen molar-refractivity contribution >= 4 is 28.8 Å². The van der Waals surface area contributed by atoms with Gasteiger partial charge < -0.3 is 20.7 Å². The van der Waals surface area contributed by atoms with Crippen LogP contribution in [0, 0.1) is 0 Å². The van der Waals surface area contributed by atoms with Crippen molar-refractivity contribution in [2.75, 3.05) is 16.0 Å². The van der Waals surface area contributed by atoms with Crippen LogP contribution < -0.4 is 20.7 Å². The number of amides is 2. The monoisotopic (exact) mass is 463 g/mol. The summed E-state index contributed by atoms with van der Waals surface area (Å²) in [6.45, 7) is 0. The van der Waals surface area contributed by atoms with Gasteiger partial charge in [0.15, 0.2) is 5.75 Å². The van der Waals surface area contributed by atoms with E-state index in [0.29, 0.717) is 22.9 Å². The highest BCUT2D eigenvalue weighted by Crippen LogP contribution is 2.34. The zero-order chi connectivity index (χ0) is 24.0. The van der Waals surface area contributed by atoms with E-state index in [1.807, 2.05) is 48.5 Å². The second-order valence-corrected chi connectivity index (χ2v) is 7.27. The Morgan fingerprint density at radius 3 is 2.06 bits per heavy atom. The lowest BCUT2D eigenvalue weighted by Gasteiger charge is -2.16. The Kier molecular flexibility index (Phi) is 6.68. The number of nitrogens with one attached hydrogen (secondary N) is 3. The molecule has 0 aliphatic rings. The van der Waals surface area contributed by atoms with Gasteiger partial charge in [-0.25, -0.2) is 4.79 Å². The number of rotatable bonds is 6. The number of alkyl halides is 3. The van der Waals surface area contributed by atoms with Crippen molar-refractivity contribution in [1.29, 1.82) is 0 Å². The second-order valence-electron chi connectivity index (χ2n) is 7.27. The summed E-state index contributed by atoms with van der Waals surface area (Å²) in [5.74, 6) is 0.927. The van der Waals surface area contributed by atoms with Crippen LogP contribution in [0.5, 0.6) is 11.5 Å². The van der Waals surface area contributed by atoms with Crippen LogP contribution in [-0.2, 0) is 6.18 Å². The van der Waals surface area contributed by atoms with Gasteiger partial charge in [0.05, 0.1) is 11.3 Å². The molecule has 0 unspecified atom stereocenters. The van der Waals surface area contributed by atoms with Gasteiger partial charge in [0.2, 0.25) is 0 Å². The molecule has 0 spiro atoms. The molecule has 0 heterocycles. The lowest BCUT2D eigenvalue weighted by atomic mass is 10.2. The van der Waals surface area contributed by atoms with Gasteiger partial charge in [-0.1, -0.05) is 42.5 Å². The summed E-state index contributed by atoms with van der Waals surface area (Å²) < 4.78 is 44.9. The number of halogens is 3. The van der Waals surface area contributed by atoms with Crippen LogP contribution in [0.15, 0.2) is 103 Å². The molecule has 0 saturated carbocycles. The quantitative estimate of drug-likeness (QED) is 0.272. The Morgan fingerprint density at radius 1 is 0.676 bits per heavy atom. The van der Waals surface area contributed by atoms with E-state index in [-0.39, 0.29) is 5.69 Å². The molecule has 4 rings (SSSR count). The van der Waals surface area contributed by atoms with Gasteiger partial charge in [-0.15, -0.1) is 0 Å². The van der Waals surface area contributed by atoms with E-state index in [0.717, 1.165) is 17.8 Å². The highest BCUT2D eigenvalue weighted by atomic mass is 19.4. The van der Waals surface area contributed by atoms with Crippen LogP contribution >= 0.6 is 0 Å². The third-order valence-corrected chi connectivity index (χ3v) is 4.71. The Morgan fingerprint density at radius 2 is 1.35 bits per heavy atom. The Balaban J connectivity index is 1.57. The van der Waals surface area contributed by atoms with Crippen LogP contribution in [0.25, 0.3) is 0 Å². The number of hydrogen-bond acceptors (Lipinski definition) is 3. The summed E-state index contributed by atoms with van der Waals surface area (Å²) in [5, 5.41) is 8.33. The van der Waals surface area contributed by atoms with Gasteiger partial charge in [0, 0.05) is 17.1 Å². The van der Waals surface area contributed by atoms with E-state index in [4.69, 9.17) is 4.74 Å². The number of ether oxygens (including phenoxy) is 1. The number of carbonyl (C=O) groups excluding carboxylic acids is 1. The number of hydrogen-bond donors (Lipinski definition) is 3. The first-order valence-electron chi connectivity index (χ1n) is 10.3. The molecule has 172 valence electrons. The van der Waals surface area contributed by atoms with Gasteiger partial charge in [-0.2, -0.15) is 13.2 Å². The molecule has 0 bridgehead atoms. The standard InChI is InChI=1S/C26H20F3N3O2/c27-26(28,29)18-8-7-11-20(16-18)31-25(33)32-23-17-21(30-19-9-3-1-4-10-19)14-15-24(23)34-22-12-5-2-6-13-22/h1-17,30H,(H2,31,32,33). The molecule has 34 heavy (non-hydrogen) atoms. The summed E-state index contributed by atoms with van der Waals surface area (Å²) in [4.78, 5) is 12.6. The number of para-hydroxylation sites is 2. The van der Waals surface area contributed by atoms with Crippen LogP contribution in [0.2, 0.25) is 0 Å². The molecule has 0 aromatic heterocycles. The number of urea groups is 1. The Hall–Kier alpha value is -4.46. The molecule has 0 atom stereocenters. The number of benzene rings is 4. The van der Waals surface area contributed by atoms with Gasteiger partial charge in [0.25, 0.3) is 0 Å². The zero-order valence-corrected chi connectivity index (χ0v) is 17.8. The van der Waals surface area contributed by atoms with E-state index in [1.165, 1.54) is 12.1 Å². The Labute approximate surface area is 194 Å². The van der Waals surface area contributed by atoms with Crippen molar-refractivity contribution in [2.24, 2.45) is 0 Å². The molecule has 2 amide bonds. The topological polar surface area (TPSA) is 62.4 Å². The molecule has 4 aromatic rings. The third kappa shape index (κ3) is 6.07. The summed E-state index contributed by atoms with van der Waals surface area (Å²) in [7, 11) is 0. The molecule has 3 N–H and O–H groups in total. The third-order valence-electron chi connectivity index (χ3n) is 4.71. The molecule has 0 aliphatic heterocycles. The molecular weight excluding hydrogens is 443 g/mol. The predicted molar refractivity (Wildman–Crippen MR) is 127 cm³/mol. The first-order valence-corrected chi connectivity index (χ1v) is 10.3. The average Bonchev–Trinajstić information content (AvgIpc) is 2.82. The van der Waals surface area contributed by atoms with Crippen molar-refractivity contribution in [2.45, 2.75) is 6.18 Å². The fourth-order valence-corrected chi connectivity index (χ4v) is 3.16. The predicted octanol–water partition coefficient (Wildman–Crippen LogP) is 7.89. The highest BCUT2D eigenvalue weighted by molar-refractivity contribution is 6.01. The largest absolute Gasteiger partial charge is 0.455 e.